The number of aliphatic carboxylic acids is 1. The van der Waals surface area contributed by atoms with Gasteiger partial charge in [-0.2, -0.15) is 0 Å². The van der Waals surface area contributed by atoms with E-state index in [1.807, 2.05) is 6.92 Å². The SMILES string of the molecule is CCCCCCCCCCCCCCCCCCC(C)C(=O)O.CCCCCCCCCCCCCCCCCCCC(=O)OC. The average molecular weight is 653 g/mol. The lowest BCUT2D eigenvalue weighted by Gasteiger charge is -2.05. The van der Waals surface area contributed by atoms with Gasteiger partial charge in [0.15, 0.2) is 0 Å². The number of rotatable bonds is 36. The van der Waals surface area contributed by atoms with E-state index in [0.717, 1.165) is 19.3 Å². The zero-order valence-corrected chi connectivity index (χ0v) is 32.0. The van der Waals surface area contributed by atoms with Crippen LogP contribution in [0.4, 0.5) is 0 Å². The van der Waals surface area contributed by atoms with E-state index in [1.54, 1.807) is 0 Å². The normalized spacial score (nSPS) is 11.7. The molecule has 1 N–H and O–H groups in total. The van der Waals surface area contributed by atoms with E-state index >= 15 is 0 Å². The molecule has 0 radical (unpaired) electrons. The largest absolute Gasteiger partial charge is 0.481 e. The lowest BCUT2D eigenvalue weighted by atomic mass is 10.0. The molecule has 0 saturated carbocycles. The van der Waals surface area contributed by atoms with Crippen LogP contribution in [0, 0.1) is 5.92 Å². The predicted molar refractivity (Wildman–Crippen MR) is 202 cm³/mol. The Balaban J connectivity index is 0. The van der Waals surface area contributed by atoms with Crippen LogP contribution < -0.4 is 0 Å². The summed E-state index contributed by atoms with van der Waals surface area (Å²) in [5.74, 6) is -0.876. The first kappa shape index (κ1) is 47.1. The highest BCUT2D eigenvalue weighted by Crippen LogP contribution is 2.16. The van der Waals surface area contributed by atoms with Gasteiger partial charge < -0.3 is 9.84 Å². The molecule has 0 bridgehead atoms. The molecule has 1 unspecified atom stereocenters. The monoisotopic (exact) mass is 653 g/mol. The molecule has 0 fully saturated rings. The van der Waals surface area contributed by atoms with E-state index in [9.17, 15) is 9.59 Å². The second kappa shape index (κ2) is 42.0. The molecular weight excluding hydrogens is 568 g/mol. The molecule has 0 aliphatic heterocycles. The summed E-state index contributed by atoms with van der Waals surface area (Å²) in [5, 5.41) is 8.81. The van der Waals surface area contributed by atoms with Crippen molar-refractivity contribution in [3.05, 3.63) is 0 Å². The van der Waals surface area contributed by atoms with Crippen molar-refractivity contribution in [1.29, 1.82) is 0 Å². The lowest BCUT2D eigenvalue weighted by Crippen LogP contribution is -2.08. The molecule has 46 heavy (non-hydrogen) atoms. The van der Waals surface area contributed by atoms with Crippen LogP contribution in [0.2, 0.25) is 0 Å². The van der Waals surface area contributed by atoms with Gasteiger partial charge >= 0.3 is 11.9 Å². The minimum Gasteiger partial charge on any atom is -0.481 e. The molecule has 0 amide bonds. The summed E-state index contributed by atoms with van der Waals surface area (Å²) >= 11 is 0. The number of esters is 1. The molecule has 0 saturated heterocycles. The van der Waals surface area contributed by atoms with Gasteiger partial charge in [-0.25, -0.2) is 0 Å². The molecule has 0 spiro atoms. The van der Waals surface area contributed by atoms with Crippen LogP contribution in [0.3, 0.4) is 0 Å². The maximum absolute atomic E-state index is 10.9. The summed E-state index contributed by atoms with van der Waals surface area (Å²) in [6.45, 7) is 6.37. The number of hydrogen-bond acceptors (Lipinski definition) is 3. The maximum Gasteiger partial charge on any atom is 0.306 e. The standard InChI is InChI=1S/2C21H42O2/c1-3-4-5-6-7-8-9-10-11-12-13-14-15-16-17-18-19-20-21(22)23-2;1-3-4-5-6-7-8-9-10-11-12-13-14-15-16-17-18-19-20(2)21(22)23/h3-20H2,1-2H3;20H,3-19H2,1-2H3,(H,22,23). The molecule has 0 aromatic rings. The van der Waals surface area contributed by atoms with Crippen molar-refractivity contribution in [3.8, 4) is 0 Å². The van der Waals surface area contributed by atoms with Crippen LogP contribution in [0.5, 0.6) is 0 Å². The summed E-state index contributed by atoms with van der Waals surface area (Å²) in [7, 11) is 1.47. The van der Waals surface area contributed by atoms with Gasteiger partial charge in [0, 0.05) is 6.42 Å². The van der Waals surface area contributed by atoms with Gasteiger partial charge in [-0.3, -0.25) is 9.59 Å². The Hall–Kier alpha value is -1.06. The minimum atomic E-state index is -0.647. The molecule has 0 rings (SSSR count). The number of ether oxygens (including phenoxy) is 1. The fraction of sp³-hybridized carbons (Fsp3) is 0.952. The summed E-state index contributed by atoms with van der Waals surface area (Å²) in [5.41, 5.74) is 0. The molecule has 1 atom stereocenters. The lowest BCUT2D eigenvalue weighted by molar-refractivity contribution is -0.142. The van der Waals surface area contributed by atoms with Crippen LogP contribution in [-0.4, -0.2) is 24.2 Å². The van der Waals surface area contributed by atoms with Crippen molar-refractivity contribution in [1.82, 2.24) is 0 Å². The first-order valence-corrected chi connectivity index (χ1v) is 20.8. The van der Waals surface area contributed by atoms with E-state index in [0.29, 0.717) is 6.42 Å². The van der Waals surface area contributed by atoms with Gasteiger partial charge in [0.2, 0.25) is 0 Å². The number of carboxylic acid groups (broad SMARTS) is 1. The third-order valence-electron chi connectivity index (χ3n) is 9.62. The average Bonchev–Trinajstić information content (AvgIpc) is 3.05. The molecule has 4 heteroatoms. The van der Waals surface area contributed by atoms with Gasteiger partial charge in [-0.15, -0.1) is 0 Å². The minimum absolute atomic E-state index is 0.0639. The van der Waals surface area contributed by atoms with Crippen molar-refractivity contribution < 1.29 is 19.4 Å². The highest BCUT2D eigenvalue weighted by molar-refractivity contribution is 5.69. The Morgan fingerprint density at radius 3 is 0.913 bits per heavy atom. The van der Waals surface area contributed by atoms with Gasteiger partial charge in [-0.05, 0) is 12.8 Å². The van der Waals surface area contributed by atoms with Crippen molar-refractivity contribution in [3.63, 3.8) is 0 Å². The van der Waals surface area contributed by atoms with E-state index in [1.165, 1.54) is 206 Å². The second-order valence-electron chi connectivity index (χ2n) is 14.3. The quantitative estimate of drug-likeness (QED) is 0.0540. The molecule has 276 valence electrons. The van der Waals surface area contributed by atoms with Crippen LogP contribution in [-0.2, 0) is 14.3 Å². The third-order valence-corrected chi connectivity index (χ3v) is 9.62. The van der Waals surface area contributed by atoms with Crippen molar-refractivity contribution in [2.75, 3.05) is 7.11 Å². The molecular formula is C42H84O4. The van der Waals surface area contributed by atoms with E-state index < -0.39 is 5.97 Å². The zero-order valence-electron chi connectivity index (χ0n) is 32.0. The van der Waals surface area contributed by atoms with Gasteiger partial charge in [-0.1, -0.05) is 226 Å². The van der Waals surface area contributed by atoms with Crippen LogP contribution in [0.1, 0.15) is 245 Å². The Morgan fingerprint density at radius 2 is 0.674 bits per heavy atom. The summed E-state index contributed by atoms with van der Waals surface area (Å²) in [6, 6.07) is 0. The van der Waals surface area contributed by atoms with Crippen LogP contribution >= 0.6 is 0 Å². The predicted octanol–water partition coefficient (Wildman–Crippen LogP) is 14.6. The van der Waals surface area contributed by atoms with Crippen molar-refractivity contribution >= 4 is 11.9 Å². The number of hydrogen-bond donors (Lipinski definition) is 1. The Labute approximate surface area is 289 Å². The highest BCUT2D eigenvalue weighted by atomic mass is 16.5. The van der Waals surface area contributed by atoms with Gasteiger partial charge in [0.05, 0.1) is 13.0 Å². The number of unbranched alkanes of at least 4 members (excludes halogenated alkanes) is 31. The Bertz CT molecular complexity index is 588. The topological polar surface area (TPSA) is 63.6 Å². The zero-order chi connectivity index (χ0) is 34.2. The molecule has 4 nitrogen and oxygen atoms in total. The summed E-state index contributed by atoms with van der Waals surface area (Å²) < 4.78 is 4.64. The molecule has 0 aliphatic carbocycles. The number of carboxylic acids is 1. The van der Waals surface area contributed by atoms with E-state index in [-0.39, 0.29) is 11.9 Å². The van der Waals surface area contributed by atoms with Crippen molar-refractivity contribution in [2.24, 2.45) is 5.92 Å². The first-order valence-electron chi connectivity index (χ1n) is 20.8. The molecule has 0 aliphatic rings. The first-order chi connectivity index (χ1) is 22.5. The highest BCUT2D eigenvalue weighted by Gasteiger charge is 2.09. The Morgan fingerprint density at radius 1 is 0.435 bits per heavy atom. The smallest absolute Gasteiger partial charge is 0.306 e. The van der Waals surface area contributed by atoms with Crippen LogP contribution in [0.25, 0.3) is 0 Å². The summed E-state index contributed by atoms with van der Waals surface area (Å²) in [6.07, 6.45) is 46.6. The second-order valence-corrected chi connectivity index (χ2v) is 14.3. The fourth-order valence-electron chi connectivity index (χ4n) is 6.22. The maximum atomic E-state index is 10.9. The van der Waals surface area contributed by atoms with Gasteiger partial charge in [0.25, 0.3) is 0 Å². The van der Waals surface area contributed by atoms with Crippen molar-refractivity contribution in [2.45, 2.75) is 245 Å². The van der Waals surface area contributed by atoms with Gasteiger partial charge in [0.1, 0.15) is 0 Å². The summed E-state index contributed by atoms with van der Waals surface area (Å²) in [4.78, 5) is 21.6. The molecule has 0 aromatic heterocycles. The molecule has 0 heterocycles. The van der Waals surface area contributed by atoms with E-state index in [2.05, 4.69) is 18.6 Å². The fourth-order valence-corrected chi connectivity index (χ4v) is 6.22. The third kappa shape index (κ3) is 42.9. The Kier molecular flexibility index (Phi) is 42.9. The molecule has 0 aromatic carbocycles. The van der Waals surface area contributed by atoms with E-state index in [4.69, 9.17) is 5.11 Å². The number of methoxy groups -OCH3 is 1. The number of carbonyl (C=O) groups excluding carboxylic acids is 1. The number of carbonyl (C=O) groups is 2. The van der Waals surface area contributed by atoms with Crippen LogP contribution in [0.15, 0.2) is 0 Å².